The van der Waals surface area contributed by atoms with Crippen molar-refractivity contribution in [3.05, 3.63) is 22.5 Å². The molecule has 96 valence electrons. The molecule has 0 atom stereocenters. The number of hydrogen-bond acceptors (Lipinski definition) is 4. The maximum absolute atomic E-state index is 5.95. The third kappa shape index (κ3) is 2.53. The summed E-state index contributed by atoms with van der Waals surface area (Å²) in [6.07, 6.45) is 1.16. The first-order valence-electron chi connectivity index (χ1n) is 6.10. The topological polar surface area (TPSA) is 44.0 Å². The van der Waals surface area contributed by atoms with E-state index in [0.717, 1.165) is 53.3 Å². The summed E-state index contributed by atoms with van der Waals surface area (Å²) in [5.41, 5.74) is 1.04. The zero-order chi connectivity index (χ0) is 12.4. The van der Waals surface area contributed by atoms with Gasteiger partial charge in [0.2, 0.25) is 0 Å². The van der Waals surface area contributed by atoms with Crippen LogP contribution in [0.5, 0.6) is 0 Å². The second-order valence-corrected chi connectivity index (χ2v) is 6.05. The van der Waals surface area contributed by atoms with Gasteiger partial charge in [-0.25, -0.2) is 0 Å². The Morgan fingerprint density at radius 3 is 3.06 bits per heavy atom. The fourth-order valence-corrected chi connectivity index (χ4v) is 3.14. The van der Waals surface area contributed by atoms with Gasteiger partial charge in [0.05, 0.1) is 14.9 Å². The number of anilines is 1. The number of nitrogens with zero attached hydrogens (tertiary/aromatic N) is 2. The molecule has 0 aromatic carbocycles. The summed E-state index contributed by atoms with van der Waals surface area (Å²) in [7, 11) is 0. The van der Waals surface area contributed by atoms with E-state index in [2.05, 4.69) is 26.5 Å². The van der Waals surface area contributed by atoms with E-state index in [0.29, 0.717) is 0 Å². The lowest BCUT2D eigenvalue weighted by molar-refractivity contribution is 0.724. The Balaban J connectivity index is 1.80. The van der Waals surface area contributed by atoms with E-state index >= 15 is 0 Å². The lowest BCUT2D eigenvalue weighted by Gasteiger charge is -2.18. The molecule has 0 amide bonds. The zero-order valence-corrected chi connectivity index (χ0v) is 11.5. The summed E-state index contributed by atoms with van der Waals surface area (Å²) in [6, 6.07) is 6.04. The van der Waals surface area contributed by atoms with Crippen LogP contribution in [0.3, 0.4) is 0 Å². The van der Waals surface area contributed by atoms with Gasteiger partial charge in [-0.15, -0.1) is 11.3 Å². The van der Waals surface area contributed by atoms with E-state index in [1.807, 2.05) is 12.1 Å². The van der Waals surface area contributed by atoms with E-state index < -0.39 is 0 Å². The second-order valence-electron chi connectivity index (χ2n) is 4.33. The predicted molar refractivity (Wildman–Crippen MR) is 76.6 cm³/mol. The molecule has 18 heavy (non-hydrogen) atoms. The van der Waals surface area contributed by atoms with Crippen molar-refractivity contribution in [2.75, 3.05) is 31.1 Å². The van der Waals surface area contributed by atoms with Gasteiger partial charge in [0.15, 0.2) is 5.82 Å². The van der Waals surface area contributed by atoms with E-state index in [1.54, 1.807) is 11.3 Å². The molecule has 0 unspecified atom stereocenters. The molecule has 0 radical (unpaired) electrons. The molecule has 1 fully saturated rings. The van der Waals surface area contributed by atoms with Crippen LogP contribution >= 0.6 is 22.9 Å². The minimum Gasteiger partial charge on any atom is -0.354 e. The first-order chi connectivity index (χ1) is 8.83. The molecule has 0 saturated carbocycles. The number of halogens is 1. The third-order valence-corrected chi connectivity index (χ3v) is 4.33. The number of rotatable bonds is 2. The van der Waals surface area contributed by atoms with Gasteiger partial charge >= 0.3 is 0 Å². The van der Waals surface area contributed by atoms with Crippen molar-refractivity contribution < 1.29 is 0 Å². The number of nitrogens with one attached hydrogen (secondary N) is 2. The molecule has 1 saturated heterocycles. The summed E-state index contributed by atoms with van der Waals surface area (Å²) in [6.45, 7) is 4.18. The molecule has 3 rings (SSSR count). The molecule has 2 N–H and O–H groups in total. The van der Waals surface area contributed by atoms with Crippen molar-refractivity contribution in [2.24, 2.45) is 0 Å². The monoisotopic (exact) mass is 282 g/mol. The Morgan fingerprint density at radius 1 is 1.28 bits per heavy atom. The van der Waals surface area contributed by atoms with Gasteiger partial charge in [0, 0.05) is 25.7 Å². The van der Waals surface area contributed by atoms with Gasteiger partial charge in [0.25, 0.3) is 0 Å². The van der Waals surface area contributed by atoms with E-state index in [1.165, 1.54) is 0 Å². The quantitative estimate of drug-likeness (QED) is 0.890. The highest BCUT2D eigenvalue weighted by atomic mass is 35.5. The zero-order valence-electron chi connectivity index (χ0n) is 9.95. The van der Waals surface area contributed by atoms with Crippen LogP contribution in [0.25, 0.3) is 10.6 Å². The molecule has 3 heterocycles. The molecule has 1 aliphatic heterocycles. The standard InChI is InChI=1S/C12H15ClN4S/c13-11-3-2-10(18-11)9-8-12(16-15-9)17-6-1-4-14-5-7-17/h2-3,8,14H,1,4-7H2,(H,15,16). The highest BCUT2D eigenvalue weighted by Crippen LogP contribution is 2.31. The summed E-state index contributed by atoms with van der Waals surface area (Å²) < 4.78 is 0.806. The number of aromatic amines is 1. The van der Waals surface area contributed by atoms with Crippen molar-refractivity contribution in [3.8, 4) is 10.6 Å². The summed E-state index contributed by atoms with van der Waals surface area (Å²) in [5, 5.41) is 10.9. The first kappa shape index (κ1) is 12.0. The lowest BCUT2D eigenvalue weighted by Crippen LogP contribution is -2.28. The Labute approximate surface area is 115 Å². The van der Waals surface area contributed by atoms with Crippen LogP contribution in [0, 0.1) is 0 Å². The van der Waals surface area contributed by atoms with Crippen LogP contribution < -0.4 is 10.2 Å². The van der Waals surface area contributed by atoms with Crippen LogP contribution in [0.15, 0.2) is 18.2 Å². The first-order valence-corrected chi connectivity index (χ1v) is 7.29. The van der Waals surface area contributed by atoms with E-state index in [-0.39, 0.29) is 0 Å². The smallest absolute Gasteiger partial charge is 0.151 e. The molecule has 2 aromatic rings. The SMILES string of the molecule is Clc1ccc(-c2cc(N3CCCNCC3)n[nH]2)s1. The maximum atomic E-state index is 5.95. The molecular formula is C12H15ClN4S. The molecule has 0 bridgehead atoms. The summed E-state index contributed by atoms with van der Waals surface area (Å²) in [4.78, 5) is 3.45. The normalized spacial score (nSPS) is 16.8. The molecule has 0 aliphatic carbocycles. The fraction of sp³-hybridized carbons (Fsp3) is 0.417. The minimum absolute atomic E-state index is 0.806. The van der Waals surface area contributed by atoms with Crippen LogP contribution in [0.1, 0.15) is 6.42 Å². The number of hydrogen-bond donors (Lipinski definition) is 2. The Kier molecular flexibility index (Phi) is 3.54. The summed E-state index contributed by atoms with van der Waals surface area (Å²) in [5.74, 6) is 1.03. The van der Waals surface area contributed by atoms with Gasteiger partial charge in [-0.2, -0.15) is 5.10 Å². The van der Waals surface area contributed by atoms with Crippen LogP contribution in [0.2, 0.25) is 4.34 Å². The van der Waals surface area contributed by atoms with E-state index in [9.17, 15) is 0 Å². The van der Waals surface area contributed by atoms with Crippen molar-refractivity contribution in [2.45, 2.75) is 6.42 Å². The highest BCUT2D eigenvalue weighted by molar-refractivity contribution is 7.19. The van der Waals surface area contributed by atoms with Crippen molar-refractivity contribution in [3.63, 3.8) is 0 Å². The minimum atomic E-state index is 0.806. The Morgan fingerprint density at radius 2 is 2.22 bits per heavy atom. The van der Waals surface area contributed by atoms with Gasteiger partial charge < -0.3 is 10.2 Å². The van der Waals surface area contributed by atoms with E-state index in [4.69, 9.17) is 11.6 Å². The molecule has 6 heteroatoms. The lowest BCUT2D eigenvalue weighted by atomic mass is 10.3. The molecule has 1 aliphatic rings. The van der Waals surface area contributed by atoms with Crippen molar-refractivity contribution in [1.29, 1.82) is 0 Å². The average Bonchev–Trinajstić information content (AvgIpc) is 2.92. The molecule has 4 nitrogen and oxygen atoms in total. The number of thiophene rings is 1. The second kappa shape index (κ2) is 5.30. The highest BCUT2D eigenvalue weighted by Gasteiger charge is 2.13. The largest absolute Gasteiger partial charge is 0.354 e. The molecular weight excluding hydrogens is 268 g/mol. The molecule has 2 aromatic heterocycles. The van der Waals surface area contributed by atoms with Gasteiger partial charge in [0.1, 0.15) is 0 Å². The van der Waals surface area contributed by atoms with Gasteiger partial charge in [-0.1, -0.05) is 11.6 Å². The number of H-pyrrole nitrogens is 1. The number of aromatic nitrogens is 2. The van der Waals surface area contributed by atoms with Gasteiger partial charge in [-0.05, 0) is 25.1 Å². The van der Waals surface area contributed by atoms with Crippen LogP contribution in [-0.4, -0.2) is 36.4 Å². The van der Waals surface area contributed by atoms with Crippen molar-refractivity contribution in [1.82, 2.24) is 15.5 Å². The Hall–Kier alpha value is -1.04. The fourth-order valence-electron chi connectivity index (χ4n) is 2.13. The average molecular weight is 283 g/mol. The third-order valence-electron chi connectivity index (χ3n) is 3.07. The molecule has 0 spiro atoms. The van der Waals surface area contributed by atoms with Gasteiger partial charge in [-0.3, -0.25) is 5.10 Å². The summed E-state index contributed by atoms with van der Waals surface area (Å²) >= 11 is 7.52. The van der Waals surface area contributed by atoms with Crippen LogP contribution in [0.4, 0.5) is 5.82 Å². The Bertz CT molecular complexity index is 514. The predicted octanol–water partition coefficient (Wildman–Crippen LogP) is 2.59. The van der Waals surface area contributed by atoms with Crippen molar-refractivity contribution >= 4 is 28.8 Å². The van der Waals surface area contributed by atoms with Crippen LogP contribution in [-0.2, 0) is 0 Å². The maximum Gasteiger partial charge on any atom is 0.151 e.